The number of nitrogens with zero attached hydrogens (tertiary/aromatic N) is 1. The highest BCUT2D eigenvalue weighted by Gasteiger charge is 2.14. The largest absolute Gasteiger partial charge is 0.452 e. The molecule has 0 spiro atoms. The van der Waals surface area contributed by atoms with Crippen molar-refractivity contribution in [1.29, 1.82) is 0 Å². The molecule has 0 aliphatic rings. The summed E-state index contributed by atoms with van der Waals surface area (Å²) < 4.78 is 5.42. The molecule has 0 atom stereocenters. The number of oxazole rings is 1. The van der Waals surface area contributed by atoms with Crippen molar-refractivity contribution in [2.24, 2.45) is 0 Å². The normalized spacial score (nSPS) is 12.2. The summed E-state index contributed by atoms with van der Waals surface area (Å²) in [5, 5.41) is 0. The Morgan fingerprint density at radius 3 is 2.64 bits per heavy atom. The van der Waals surface area contributed by atoms with Gasteiger partial charge in [0.15, 0.2) is 5.58 Å². The standard InChI is InChI=1S/C11H14BNO/c1-11(2,3)7-4-5-9-8(6-7)13-10(12)14-9/h4-6H,12H2,1-3H3. The zero-order valence-corrected chi connectivity index (χ0v) is 9.09. The molecule has 3 heteroatoms. The van der Waals surface area contributed by atoms with Crippen LogP contribution in [0.4, 0.5) is 0 Å². The predicted octanol–water partition coefficient (Wildman–Crippen LogP) is 1.38. The molecule has 2 aromatic rings. The van der Waals surface area contributed by atoms with Crippen LogP contribution in [0.3, 0.4) is 0 Å². The van der Waals surface area contributed by atoms with E-state index in [2.05, 4.69) is 37.9 Å². The summed E-state index contributed by atoms with van der Waals surface area (Å²) in [6.07, 6.45) is 0. The Labute approximate surface area is 84.7 Å². The molecule has 1 aromatic carbocycles. The second kappa shape index (κ2) is 2.87. The van der Waals surface area contributed by atoms with E-state index in [-0.39, 0.29) is 5.41 Å². The summed E-state index contributed by atoms with van der Waals surface area (Å²) in [6.45, 7) is 6.59. The highest BCUT2D eigenvalue weighted by atomic mass is 16.3. The topological polar surface area (TPSA) is 26.0 Å². The van der Waals surface area contributed by atoms with Crippen LogP contribution in [-0.4, -0.2) is 12.8 Å². The van der Waals surface area contributed by atoms with Crippen molar-refractivity contribution in [1.82, 2.24) is 4.98 Å². The Kier molecular flexibility index (Phi) is 1.91. The predicted molar refractivity (Wildman–Crippen MR) is 60.9 cm³/mol. The number of hydrogen-bond donors (Lipinski definition) is 0. The lowest BCUT2D eigenvalue weighted by molar-refractivity contribution is 0.590. The van der Waals surface area contributed by atoms with E-state index < -0.39 is 0 Å². The van der Waals surface area contributed by atoms with Crippen LogP contribution in [0.25, 0.3) is 11.1 Å². The first-order chi connectivity index (χ1) is 6.47. The Morgan fingerprint density at radius 1 is 1.29 bits per heavy atom. The molecule has 2 nitrogen and oxygen atoms in total. The number of rotatable bonds is 0. The number of hydrogen-bond acceptors (Lipinski definition) is 2. The van der Waals surface area contributed by atoms with Crippen LogP contribution < -0.4 is 5.79 Å². The van der Waals surface area contributed by atoms with Gasteiger partial charge in [0.25, 0.3) is 0 Å². The van der Waals surface area contributed by atoms with Gasteiger partial charge in [0.1, 0.15) is 11.3 Å². The molecule has 14 heavy (non-hydrogen) atoms. The van der Waals surface area contributed by atoms with E-state index >= 15 is 0 Å². The minimum atomic E-state index is 0.168. The molecule has 0 aliphatic heterocycles. The average Bonchev–Trinajstić information content (AvgIpc) is 2.41. The summed E-state index contributed by atoms with van der Waals surface area (Å²) in [5.41, 5.74) is 3.28. The molecule has 0 N–H and O–H groups in total. The maximum absolute atomic E-state index is 5.42. The average molecular weight is 187 g/mol. The van der Waals surface area contributed by atoms with E-state index in [1.165, 1.54) is 5.56 Å². The first-order valence-corrected chi connectivity index (χ1v) is 4.84. The van der Waals surface area contributed by atoms with E-state index in [9.17, 15) is 0 Å². The van der Waals surface area contributed by atoms with Crippen molar-refractivity contribution in [3.63, 3.8) is 0 Å². The van der Waals surface area contributed by atoms with Crippen LogP contribution in [0, 0.1) is 0 Å². The van der Waals surface area contributed by atoms with Gasteiger partial charge in [-0.2, -0.15) is 0 Å². The van der Waals surface area contributed by atoms with Crippen LogP contribution >= 0.6 is 0 Å². The molecule has 0 aliphatic carbocycles. The van der Waals surface area contributed by atoms with Crippen molar-refractivity contribution >= 4 is 24.7 Å². The van der Waals surface area contributed by atoms with E-state index in [1.54, 1.807) is 0 Å². The van der Waals surface area contributed by atoms with Crippen LogP contribution in [0.1, 0.15) is 26.3 Å². The van der Waals surface area contributed by atoms with Crippen molar-refractivity contribution < 1.29 is 4.42 Å². The number of aromatic nitrogens is 1. The van der Waals surface area contributed by atoms with Crippen molar-refractivity contribution in [2.75, 3.05) is 0 Å². The lowest BCUT2D eigenvalue weighted by Gasteiger charge is -2.18. The summed E-state index contributed by atoms with van der Waals surface area (Å²) in [6, 6.07) is 6.20. The summed E-state index contributed by atoms with van der Waals surface area (Å²) in [5.74, 6) is 0.728. The van der Waals surface area contributed by atoms with Crippen molar-refractivity contribution in [2.45, 2.75) is 26.2 Å². The smallest absolute Gasteiger partial charge is 0.212 e. The summed E-state index contributed by atoms with van der Waals surface area (Å²) in [7, 11) is 1.87. The lowest BCUT2D eigenvalue weighted by atomic mass is 9.87. The van der Waals surface area contributed by atoms with Gasteiger partial charge in [-0.05, 0) is 23.1 Å². The fourth-order valence-electron chi connectivity index (χ4n) is 1.51. The number of fused-ring (bicyclic) bond motifs is 1. The highest BCUT2D eigenvalue weighted by Crippen LogP contribution is 2.24. The molecule has 0 amide bonds. The van der Waals surface area contributed by atoms with Gasteiger partial charge in [-0.1, -0.05) is 26.8 Å². The fourth-order valence-corrected chi connectivity index (χ4v) is 1.51. The third-order valence-electron chi connectivity index (χ3n) is 2.36. The Hall–Kier alpha value is -1.25. The molecule has 1 aromatic heterocycles. The SMILES string of the molecule is Bc1nc2cc(C(C)(C)C)ccc2o1. The van der Waals surface area contributed by atoms with E-state index in [0.29, 0.717) is 0 Å². The number of benzene rings is 1. The fraction of sp³-hybridized carbons (Fsp3) is 0.364. The molecule has 0 bridgehead atoms. The van der Waals surface area contributed by atoms with Crippen molar-refractivity contribution in [3.05, 3.63) is 23.8 Å². The molecule has 0 fully saturated rings. The van der Waals surface area contributed by atoms with E-state index in [1.807, 2.05) is 13.9 Å². The first kappa shape index (κ1) is 9.32. The molecule has 72 valence electrons. The van der Waals surface area contributed by atoms with Gasteiger partial charge in [-0.25, -0.2) is 4.98 Å². The molecule has 1 heterocycles. The van der Waals surface area contributed by atoms with Gasteiger partial charge in [0.05, 0.1) is 0 Å². The zero-order valence-electron chi connectivity index (χ0n) is 9.09. The van der Waals surface area contributed by atoms with Crippen LogP contribution in [-0.2, 0) is 5.41 Å². The van der Waals surface area contributed by atoms with Gasteiger partial charge in [-0.3, -0.25) is 0 Å². The van der Waals surface area contributed by atoms with Crippen LogP contribution in [0.5, 0.6) is 0 Å². The monoisotopic (exact) mass is 187 g/mol. The Morgan fingerprint density at radius 2 is 2.00 bits per heavy atom. The lowest BCUT2D eigenvalue weighted by Crippen LogP contribution is -2.10. The minimum absolute atomic E-state index is 0.168. The molecule has 0 radical (unpaired) electrons. The molecule has 0 saturated heterocycles. The summed E-state index contributed by atoms with van der Waals surface area (Å²) >= 11 is 0. The molecule has 0 unspecified atom stereocenters. The zero-order chi connectivity index (χ0) is 10.3. The molecular formula is C11H14BNO. The van der Waals surface area contributed by atoms with E-state index in [4.69, 9.17) is 4.42 Å². The van der Waals surface area contributed by atoms with Gasteiger partial charge in [0.2, 0.25) is 7.85 Å². The quantitative estimate of drug-likeness (QED) is 0.582. The van der Waals surface area contributed by atoms with Gasteiger partial charge < -0.3 is 4.42 Å². The third kappa shape index (κ3) is 1.54. The second-order valence-electron chi connectivity index (χ2n) is 4.67. The molecule has 0 saturated carbocycles. The third-order valence-corrected chi connectivity index (χ3v) is 2.36. The molecular weight excluding hydrogens is 173 g/mol. The van der Waals surface area contributed by atoms with E-state index in [0.717, 1.165) is 16.9 Å². The Bertz CT molecular complexity index is 468. The second-order valence-corrected chi connectivity index (χ2v) is 4.67. The first-order valence-electron chi connectivity index (χ1n) is 4.84. The Balaban J connectivity index is 2.62. The van der Waals surface area contributed by atoms with Crippen LogP contribution in [0.2, 0.25) is 0 Å². The van der Waals surface area contributed by atoms with Gasteiger partial charge in [0, 0.05) is 0 Å². The van der Waals surface area contributed by atoms with Gasteiger partial charge >= 0.3 is 0 Å². The summed E-state index contributed by atoms with van der Waals surface area (Å²) in [4.78, 5) is 4.32. The minimum Gasteiger partial charge on any atom is -0.452 e. The van der Waals surface area contributed by atoms with Gasteiger partial charge in [-0.15, -0.1) is 0 Å². The maximum Gasteiger partial charge on any atom is 0.212 e. The molecule has 2 rings (SSSR count). The van der Waals surface area contributed by atoms with Crippen LogP contribution in [0.15, 0.2) is 22.6 Å². The maximum atomic E-state index is 5.42. The highest BCUT2D eigenvalue weighted by molar-refractivity contribution is 6.28. The van der Waals surface area contributed by atoms with Crippen molar-refractivity contribution in [3.8, 4) is 0 Å².